The Hall–Kier alpha value is -2.96. The molecule has 0 unspecified atom stereocenters. The number of anilines is 1. The quantitative estimate of drug-likeness (QED) is 0.588. The summed E-state index contributed by atoms with van der Waals surface area (Å²) in [4.78, 5) is 26.1. The van der Waals surface area contributed by atoms with Gasteiger partial charge in [-0.3, -0.25) is 4.79 Å². The van der Waals surface area contributed by atoms with E-state index in [1.54, 1.807) is 0 Å². The smallest absolute Gasteiger partial charge is 0.263 e. The first-order valence-corrected chi connectivity index (χ1v) is 11.0. The maximum Gasteiger partial charge on any atom is 0.263 e. The molecule has 4 rings (SSSR count). The van der Waals surface area contributed by atoms with E-state index in [2.05, 4.69) is 28.9 Å². The number of piperazine rings is 1. The summed E-state index contributed by atoms with van der Waals surface area (Å²) in [7, 11) is 0. The molecule has 3 heterocycles. The summed E-state index contributed by atoms with van der Waals surface area (Å²) in [6.45, 7) is 7.14. The molecule has 1 aliphatic heterocycles. The number of rotatable bonds is 7. The molecule has 7 nitrogen and oxygen atoms in total. The van der Waals surface area contributed by atoms with E-state index in [0.717, 1.165) is 67.1 Å². The highest BCUT2D eigenvalue weighted by molar-refractivity contribution is 5.98. The second-order valence-electron chi connectivity index (χ2n) is 7.76. The molecule has 0 N–H and O–H groups in total. The van der Waals surface area contributed by atoms with Gasteiger partial charge in [-0.15, -0.1) is 0 Å². The third-order valence-electron chi connectivity index (χ3n) is 5.56. The number of amides is 1. The third kappa shape index (κ3) is 4.15. The van der Waals surface area contributed by atoms with Crippen molar-refractivity contribution in [2.45, 2.75) is 46.0 Å². The molecule has 3 aromatic rings. The van der Waals surface area contributed by atoms with Crippen molar-refractivity contribution < 1.29 is 9.32 Å². The molecule has 0 spiro atoms. The zero-order chi connectivity index (χ0) is 20.9. The summed E-state index contributed by atoms with van der Waals surface area (Å²) in [5.74, 6) is 1.90. The van der Waals surface area contributed by atoms with Crippen molar-refractivity contribution in [2.24, 2.45) is 0 Å². The Morgan fingerprint density at radius 1 is 1.03 bits per heavy atom. The van der Waals surface area contributed by atoms with Crippen LogP contribution in [0.3, 0.4) is 0 Å². The highest BCUT2D eigenvalue weighted by atomic mass is 16.5. The van der Waals surface area contributed by atoms with E-state index in [1.807, 2.05) is 35.2 Å². The van der Waals surface area contributed by atoms with E-state index in [1.165, 1.54) is 0 Å². The van der Waals surface area contributed by atoms with E-state index in [9.17, 15) is 4.79 Å². The molecule has 0 aliphatic carbocycles. The van der Waals surface area contributed by atoms with Gasteiger partial charge in [-0.2, -0.15) is 4.98 Å². The van der Waals surface area contributed by atoms with Gasteiger partial charge < -0.3 is 14.3 Å². The van der Waals surface area contributed by atoms with Crippen molar-refractivity contribution >= 4 is 22.8 Å². The fourth-order valence-corrected chi connectivity index (χ4v) is 3.89. The van der Waals surface area contributed by atoms with Crippen LogP contribution >= 0.6 is 0 Å². The number of aryl methyl sites for hydroxylation is 1. The number of unbranched alkanes of at least 4 members (excludes halogenated alkanes) is 1. The van der Waals surface area contributed by atoms with Gasteiger partial charge in [0.05, 0.1) is 0 Å². The van der Waals surface area contributed by atoms with Crippen LogP contribution < -0.4 is 4.90 Å². The van der Waals surface area contributed by atoms with Gasteiger partial charge in [-0.25, -0.2) is 4.98 Å². The second kappa shape index (κ2) is 9.24. The van der Waals surface area contributed by atoms with Crippen LogP contribution in [0.5, 0.6) is 0 Å². The van der Waals surface area contributed by atoms with Gasteiger partial charge in [-0.05, 0) is 12.8 Å². The molecule has 2 aromatic heterocycles. The van der Waals surface area contributed by atoms with Gasteiger partial charge in [0.1, 0.15) is 22.7 Å². The molecule has 0 saturated carbocycles. The van der Waals surface area contributed by atoms with Crippen LogP contribution in [0, 0.1) is 0 Å². The van der Waals surface area contributed by atoms with E-state index in [4.69, 9.17) is 9.51 Å². The van der Waals surface area contributed by atoms with Crippen LogP contribution in [0.15, 0.2) is 34.9 Å². The fourth-order valence-electron chi connectivity index (χ4n) is 3.89. The second-order valence-corrected chi connectivity index (χ2v) is 7.76. The highest BCUT2D eigenvalue weighted by Gasteiger charge is 2.26. The number of carbonyl (C=O) groups is 1. The van der Waals surface area contributed by atoms with Crippen LogP contribution in [0.4, 0.5) is 5.82 Å². The van der Waals surface area contributed by atoms with Crippen LogP contribution in [0.2, 0.25) is 0 Å². The Morgan fingerprint density at radius 2 is 1.80 bits per heavy atom. The summed E-state index contributed by atoms with van der Waals surface area (Å²) in [6, 6.07) is 10.00. The lowest BCUT2D eigenvalue weighted by Gasteiger charge is -2.35. The van der Waals surface area contributed by atoms with Gasteiger partial charge in [0, 0.05) is 44.6 Å². The zero-order valence-electron chi connectivity index (χ0n) is 17.8. The minimum Gasteiger partial charge on any atom is -0.352 e. The molecular formula is C23H29N5O2. The van der Waals surface area contributed by atoms with Gasteiger partial charge in [0.15, 0.2) is 0 Å². The van der Waals surface area contributed by atoms with Crippen molar-refractivity contribution in [3.63, 3.8) is 0 Å². The molecule has 1 fully saturated rings. The Labute approximate surface area is 177 Å². The summed E-state index contributed by atoms with van der Waals surface area (Å²) in [5, 5.41) is 5.18. The van der Waals surface area contributed by atoms with Crippen molar-refractivity contribution in [1.82, 2.24) is 20.0 Å². The number of benzene rings is 1. The molecule has 30 heavy (non-hydrogen) atoms. The number of carbonyl (C=O) groups excluding carboxylic acids is 1. The molecule has 0 atom stereocenters. The van der Waals surface area contributed by atoms with Gasteiger partial charge in [-0.1, -0.05) is 55.8 Å². The Bertz CT molecular complexity index is 994. The lowest BCUT2D eigenvalue weighted by atomic mass is 10.1. The van der Waals surface area contributed by atoms with Crippen LogP contribution in [-0.2, 0) is 11.2 Å². The van der Waals surface area contributed by atoms with E-state index >= 15 is 0 Å². The summed E-state index contributed by atoms with van der Waals surface area (Å²) in [5.41, 5.74) is 2.28. The molecule has 1 amide bonds. The van der Waals surface area contributed by atoms with Crippen LogP contribution in [0.1, 0.15) is 45.4 Å². The van der Waals surface area contributed by atoms with Crippen molar-refractivity contribution in [3.8, 4) is 11.3 Å². The maximum atomic E-state index is 12.4. The Kier molecular flexibility index (Phi) is 6.26. The first kappa shape index (κ1) is 20.3. The first-order valence-electron chi connectivity index (χ1n) is 11.0. The third-order valence-corrected chi connectivity index (χ3v) is 5.56. The fraction of sp³-hybridized carbons (Fsp3) is 0.478. The monoisotopic (exact) mass is 407 g/mol. The predicted octanol–water partition coefficient (Wildman–Crippen LogP) is 4.08. The van der Waals surface area contributed by atoms with Gasteiger partial charge >= 0.3 is 0 Å². The van der Waals surface area contributed by atoms with Crippen LogP contribution in [0.25, 0.3) is 22.4 Å². The molecule has 158 valence electrons. The minimum atomic E-state index is 0.256. The minimum absolute atomic E-state index is 0.256. The number of hydrogen-bond acceptors (Lipinski definition) is 6. The molecule has 1 aliphatic rings. The predicted molar refractivity (Wildman–Crippen MR) is 117 cm³/mol. The van der Waals surface area contributed by atoms with E-state index < -0.39 is 0 Å². The molecule has 1 aromatic carbocycles. The van der Waals surface area contributed by atoms with E-state index in [0.29, 0.717) is 25.2 Å². The van der Waals surface area contributed by atoms with E-state index in [-0.39, 0.29) is 5.91 Å². The number of hydrogen-bond donors (Lipinski definition) is 0. The molecule has 1 saturated heterocycles. The maximum absolute atomic E-state index is 12.4. The summed E-state index contributed by atoms with van der Waals surface area (Å²) in [6.07, 6.45) is 4.39. The highest BCUT2D eigenvalue weighted by Crippen LogP contribution is 2.34. The summed E-state index contributed by atoms with van der Waals surface area (Å²) < 4.78 is 5.63. The SMILES string of the molecule is CCCCC(=O)N1CCN(c2nc(CCC)nc3onc(-c4ccccc4)c23)CC1. The lowest BCUT2D eigenvalue weighted by Crippen LogP contribution is -2.49. The first-order chi connectivity index (χ1) is 14.7. The molecule has 0 radical (unpaired) electrons. The Balaban J connectivity index is 1.65. The standard InChI is InChI=1S/C23H29N5O2/c1-3-5-12-19(29)27-13-15-28(16-14-27)22-20-21(17-10-7-6-8-11-17)26-30-23(20)25-18(24-22)9-4-2/h6-8,10-11H,3-5,9,12-16H2,1-2H3. The average molecular weight is 408 g/mol. The van der Waals surface area contributed by atoms with Crippen molar-refractivity contribution in [1.29, 1.82) is 0 Å². The average Bonchev–Trinajstić information content (AvgIpc) is 3.22. The zero-order valence-corrected chi connectivity index (χ0v) is 17.8. The molecular weight excluding hydrogens is 378 g/mol. The Morgan fingerprint density at radius 3 is 2.50 bits per heavy atom. The van der Waals surface area contributed by atoms with Gasteiger partial charge in [0.25, 0.3) is 5.71 Å². The number of fused-ring (bicyclic) bond motifs is 1. The largest absolute Gasteiger partial charge is 0.352 e. The topological polar surface area (TPSA) is 75.4 Å². The normalized spacial score (nSPS) is 14.5. The molecule has 7 heteroatoms. The van der Waals surface area contributed by atoms with Crippen LogP contribution in [-0.4, -0.2) is 52.1 Å². The molecule has 0 bridgehead atoms. The van der Waals surface area contributed by atoms with Gasteiger partial charge in [0.2, 0.25) is 5.91 Å². The van der Waals surface area contributed by atoms with Crippen molar-refractivity contribution in [2.75, 3.05) is 31.1 Å². The lowest BCUT2D eigenvalue weighted by molar-refractivity contribution is -0.131. The number of nitrogens with zero attached hydrogens (tertiary/aromatic N) is 5. The summed E-state index contributed by atoms with van der Waals surface area (Å²) >= 11 is 0. The van der Waals surface area contributed by atoms with Crippen molar-refractivity contribution in [3.05, 3.63) is 36.2 Å². The number of aromatic nitrogens is 3.